The molecule has 3 rings (SSSR count). The van der Waals surface area contributed by atoms with Gasteiger partial charge >= 0.3 is 5.97 Å². The standard InChI is InChI=1S/C17H20F2N2O3/c1-10(15(22)20-14-5-4-12(18)7-13(14)19)21-8-11-3-2-6-17(11,9-21)16(23)24/h4-5,7,10-11H,2-3,6,8-9H2,1H3,(H,20,22)(H,23,24)/t10?,11-,17+/m0/s1. The molecule has 3 atom stereocenters. The van der Waals surface area contributed by atoms with E-state index in [1.54, 1.807) is 6.92 Å². The Morgan fingerprint density at radius 3 is 2.79 bits per heavy atom. The van der Waals surface area contributed by atoms with E-state index in [2.05, 4.69) is 5.32 Å². The van der Waals surface area contributed by atoms with Crippen LogP contribution in [0.15, 0.2) is 18.2 Å². The smallest absolute Gasteiger partial charge is 0.311 e. The summed E-state index contributed by atoms with van der Waals surface area (Å²) in [5, 5.41) is 12.0. The van der Waals surface area contributed by atoms with Crippen molar-refractivity contribution >= 4 is 17.6 Å². The van der Waals surface area contributed by atoms with E-state index >= 15 is 0 Å². The maximum atomic E-state index is 13.7. The molecule has 0 aromatic heterocycles. The van der Waals surface area contributed by atoms with Gasteiger partial charge in [0.15, 0.2) is 0 Å². The number of likely N-dealkylation sites (tertiary alicyclic amines) is 1. The van der Waals surface area contributed by atoms with Crippen LogP contribution in [0.4, 0.5) is 14.5 Å². The number of rotatable bonds is 4. The van der Waals surface area contributed by atoms with Crippen molar-refractivity contribution in [2.45, 2.75) is 32.2 Å². The third kappa shape index (κ3) is 2.77. The molecule has 1 aromatic carbocycles. The largest absolute Gasteiger partial charge is 0.481 e. The van der Waals surface area contributed by atoms with Crippen LogP contribution < -0.4 is 5.32 Å². The molecule has 7 heteroatoms. The van der Waals surface area contributed by atoms with Crippen LogP contribution in [0, 0.1) is 23.0 Å². The molecule has 2 fully saturated rings. The number of nitrogens with zero attached hydrogens (tertiary/aromatic N) is 1. The molecule has 1 saturated heterocycles. The number of carbonyl (C=O) groups excluding carboxylic acids is 1. The summed E-state index contributed by atoms with van der Waals surface area (Å²) in [5.41, 5.74) is -0.851. The molecule has 0 radical (unpaired) electrons. The Bertz CT molecular complexity index is 682. The van der Waals surface area contributed by atoms with E-state index < -0.39 is 35.0 Å². The third-order valence-corrected chi connectivity index (χ3v) is 5.44. The van der Waals surface area contributed by atoms with Gasteiger partial charge in [-0.2, -0.15) is 0 Å². The highest BCUT2D eigenvalue weighted by Crippen LogP contribution is 2.49. The van der Waals surface area contributed by atoms with Crippen LogP contribution in [0.25, 0.3) is 0 Å². The van der Waals surface area contributed by atoms with Gasteiger partial charge in [-0.3, -0.25) is 14.5 Å². The number of aliphatic carboxylic acids is 1. The first-order valence-electron chi connectivity index (χ1n) is 8.07. The van der Waals surface area contributed by atoms with Crippen LogP contribution in [0.5, 0.6) is 0 Å². The van der Waals surface area contributed by atoms with Crippen LogP contribution in [0.2, 0.25) is 0 Å². The number of benzene rings is 1. The van der Waals surface area contributed by atoms with Crippen molar-refractivity contribution in [3.8, 4) is 0 Å². The maximum absolute atomic E-state index is 13.7. The Hall–Kier alpha value is -2.02. The summed E-state index contributed by atoms with van der Waals surface area (Å²) >= 11 is 0. The quantitative estimate of drug-likeness (QED) is 0.885. The zero-order valence-corrected chi connectivity index (χ0v) is 13.4. The molecule has 2 aliphatic rings. The fourth-order valence-corrected chi connectivity index (χ4v) is 3.97. The predicted molar refractivity (Wildman–Crippen MR) is 83.4 cm³/mol. The van der Waals surface area contributed by atoms with Crippen LogP contribution in [-0.2, 0) is 9.59 Å². The molecule has 0 bridgehead atoms. The summed E-state index contributed by atoms with van der Waals surface area (Å²) in [7, 11) is 0. The SMILES string of the molecule is CC(C(=O)Nc1ccc(F)cc1F)N1C[C@@H]2CCC[C@@]2(C(=O)O)C1. The van der Waals surface area contributed by atoms with Crippen molar-refractivity contribution in [1.29, 1.82) is 0 Å². The van der Waals surface area contributed by atoms with Gasteiger partial charge in [-0.15, -0.1) is 0 Å². The first-order chi connectivity index (χ1) is 11.3. The first kappa shape index (κ1) is 16.8. The Kier molecular flexibility index (Phi) is 4.29. The minimum atomic E-state index is -0.837. The Morgan fingerprint density at radius 1 is 1.42 bits per heavy atom. The normalized spacial score (nSPS) is 27.7. The molecule has 2 N–H and O–H groups in total. The van der Waals surface area contributed by atoms with Crippen molar-refractivity contribution in [2.75, 3.05) is 18.4 Å². The number of hydrogen-bond acceptors (Lipinski definition) is 3. The fourth-order valence-electron chi connectivity index (χ4n) is 3.97. The molecule has 130 valence electrons. The summed E-state index contributed by atoms with van der Waals surface area (Å²) in [5.74, 6) is -2.73. The Morgan fingerprint density at radius 2 is 2.17 bits per heavy atom. The van der Waals surface area contributed by atoms with E-state index in [4.69, 9.17) is 0 Å². The molecule has 1 aromatic rings. The second kappa shape index (κ2) is 6.12. The van der Waals surface area contributed by atoms with E-state index in [0.717, 1.165) is 18.9 Å². The second-order valence-electron chi connectivity index (χ2n) is 6.77. The number of carboxylic acid groups (broad SMARTS) is 1. The lowest BCUT2D eigenvalue weighted by Crippen LogP contribution is -2.43. The number of hydrogen-bond donors (Lipinski definition) is 2. The van der Waals surface area contributed by atoms with Crippen molar-refractivity contribution in [3.63, 3.8) is 0 Å². The van der Waals surface area contributed by atoms with Gasteiger partial charge in [-0.1, -0.05) is 6.42 Å². The number of carboxylic acids is 1. The maximum Gasteiger partial charge on any atom is 0.311 e. The van der Waals surface area contributed by atoms with Crippen LogP contribution in [-0.4, -0.2) is 41.0 Å². The van der Waals surface area contributed by atoms with Gasteiger partial charge < -0.3 is 10.4 Å². The van der Waals surface area contributed by atoms with E-state index in [1.165, 1.54) is 6.07 Å². The minimum Gasteiger partial charge on any atom is -0.481 e. The predicted octanol–water partition coefficient (Wildman–Crippen LogP) is 2.48. The number of nitrogens with one attached hydrogen (secondary N) is 1. The van der Waals surface area contributed by atoms with Crippen molar-refractivity contribution in [1.82, 2.24) is 4.90 Å². The van der Waals surface area contributed by atoms with Gasteiger partial charge in [0.05, 0.1) is 17.1 Å². The molecule has 1 amide bonds. The Balaban J connectivity index is 1.69. The van der Waals surface area contributed by atoms with Gasteiger partial charge in [0.2, 0.25) is 5.91 Å². The lowest BCUT2D eigenvalue weighted by Gasteiger charge is -2.26. The van der Waals surface area contributed by atoms with E-state index in [0.29, 0.717) is 25.6 Å². The van der Waals surface area contributed by atoms with Gasteiger partial charge in [0.1, 0.15) is 11.6 Å². The summed E-state index contributed by atoms with van der Waals surface area (Å²) in [4.78, 5) is 25.9. The fraction of sp³-hybridized carbons (Fsp3) is 0.529. The van der Waals surface area contributed by atoms with E-state index in [9.17, 15) is 23.5 Å². The average molecular weight is 338 g/mol. The number of amides is 1. The van der Waals surface area contributed by atoms with E-state index in [1.807, 2.05) is 4.90 Å². The minimum absolute atomic E-state index is 0.0489. The lowest BCUT2D eigenvalue weighted by atomic mass is 9.81. The van der Waals surface area contributed by atoms with Crippen LogP contribution in [0.3, 0.4) is 0 Å². The molecule has 1 unspecified atom stereocenters. The van der Waals surface area contributed by atoms with Gasteiger partial charge in [0, 0.05) is 19.2 Å². The van der Waals surface area contributed by atoms with E-state index in [-0.39, 0.29) is 11.6 Å². The molecule has 1 aliphatic heterocycles. The van der Waals surface area contributed by atoms with Crippen molar-refractivity contribution in [3.05, 3.63) is 29.8 Å². The zero-order chi connectivity index (χ0) is 17.5. The molecule has 1 aliphatic carbocycles. The molecule has 0 spiro atoms. The highest BCUT2D eigenvalue weighted by atomic mass is 19.1. The van der Waals surface area contributed by atoms with Gasteiger partial charge in [0.25, 0.3) is 0 Å². The first-order valence-corrected chi connectivity index (χ1v) is 8.07. The van der Waals surface area contributed by atoms with Crippen molar-refractivity contribution in [2.24, 2.45) is 11.3 Å². The lowest BCUT2D eigenvalue weighted by molar-refractivity contribution is -0.149. The molecule has 1 saturated carbocycles. The molecule has 24 heavy (non-hydrogen) atoms. The van der Waals surface area contributed by atoms with Gasteiger partial charge in [-0.25, -0.2) is 8.78 Å². The topological polar surface area (TPSA) is 69.6 Å². The highest BCUT2D eigenvalue weighted by Gasteiger charge is 2.55. The zero-order valence-electron chi connectivity index (χ0n) is 13.4. The molecule has 1 heterocycles. The molecule has 5 nitrogen and oxygen atoms in total. The molecular weight excluding hydrogens is 318 g/mol. The summed E-state index contributed by atoms with van der Waals surface area (Å²) in [6, 6.07) is 2.37. The number of halogens is 2. The number of anilines is 1. The van der Waals surface area contributed by atoms with Gasteiger partial charge in [-0.05, 0) is 37.8 Å². The van der Waals surface area contributed by atoms with Crippen LogP contribution in [0.1, 0.15) is 26.2 Å². The number of carbonyl (C=O) groups is 2. The summed E-state index contributed by atoms with van der Waals surface area (Å²) < 4.78 is 26.6. The number of fused-ring (bicyclic) bond motifs is 1. The summed E-state index contributed by atoms with van der Waals surface area (Å²) in [6.45, 7) is 2.55. The monoisotopic (exact) mass is 338 g/mol. The van der Waals surface area contributed by atoms with Crippen LogP contribution >= 0.6 is 0 Å². The third-order valence-electron chi connectivity index (χ3n) is 5.44. The highest BCUT2D eigenvalue weighted by molar-refractivity contribution is 5.94. The second-order valence-corrected chi connectivity index (χ2v) is 6.77. The molecular formula is C17H20F2N2O3. The Labute approximate surface area is 138 Å². The summed E-state index contributed by atoms with van der Waals surface area (Å²) in [6.07, 6.45) is 2.38. The average Bonchev–Trinajstić information content (AvgIpc) is 3.07. The van der Waals surface area contributed by atoms with Crippen molar-refractivity contribution < 1.29 is 23.5 Å².